The monoisotopic (exact) mass is 268 g/mol. The fourth-order valence-electron chi connectivity index (χ4n) is 2.38. The highest BCUT2D eigenvalue weighted by atomic mass is 35.5. The summed E-state index contributed by atoms with van der Waals surface area (Å²) in [4.78, 5) is 2.43. The molecule has 0 aliphatic carbocycles. The molecule has 2 unspecified atom stereocenters. The average molecular weight is 269 g/mol. The summed E-state index contributed by atoms with van der Waals surface area (Å²) in [7, 11) is 0. The highest BCUT2D eigenvalue weighted by Gasteiger charge is 2.26. The lowest BCUT2D eigenvalue weighted by atomic mass is 10.0. The first kappa shape index (κ1) is 13.7. The predicted molar refractivity (Wildman–Crippen MR) is 75.1 cm³/mol. The van der Waals surface area contributed by atoms with E-state index in [0.717, 1.165) is 25.4 Å². The van der Waals surface area contributed by atoms with Gasteiger partial charge in [0.05, 0.1) is 5.02 Å². The summed E-state index contributed by atoms with van der Waals surface area (Å²) in [5.74, 6) is 1.26. The van der Waals surface area contributed by atoms with E-state index < -0.39 is 0 Å². The maximum absolute atomic E-state index is 6.20. The zero-order valence-electron chi connectivity index (χ0n) is 10.8. The Hall–Kier alpha value is -0.770. The van der Waals surface area contributed by atoms with Gasteiger partial charge >= 0.3 is 0 Å². The zero-order chi connectivity index (χ0) is 13.0. The van der Waals surface area contributed by atoms with Crippen molar-refractivity contribution in [3.8, 4) is 5.75 Å². The van der Waals surface area contributed by atoms with E-state index in [2.05, 4.69) is 11.8 Å². The molecule has 18 heavy (non-hydrogen) atoms. The molecule has 100 valence electrons. The van der Waals surface area contributed by atoms with E-state index in [-0.39, 0.29) is 6.04 Å². The van der Waals surface area contributed by atoms with Gasteiger partial charge in [-0.1, -0.05) is 30.7 Å². The van der Waals surface area contributed by atoms with Crippen LogP contribution in [-0.4, -0.2) is 37.2 Å². The molecule has 1 heterocycles. The van der Waals surface area contributed by atoms with Crippen LogP contribution < -0.4 is 10.5 Å². The van der Waals surface area contributed by atoms with E-state index in [1.807, 2.05) is 24.3 Å². The molecule has 2 N–H and O–H groups in total. The Kier molecular flexibility index (Phi) is 4.87. The minimum Gasteiger partial charge on any atom is -0.490 e. The Balaban J connectivity index is 1.82. The lowest BCUT2D eigenvalue weighted by Crippen LogP contribution is -2.37. The molecule has 2 rings (SSSR count). The molecule has 1 aliphatic heterocycles. The van der Waals surface area contributed by atoms with E-state index in [0.29, 0.717) is 17.5 Å². The number of benzene rings is 1. The van der Waals surface area contributed by atoms with Crippen LogP contribution in [0.3, 0.4) is 0 Å². The number of rotatable bonds is 5. The standard InChI is InChI=1S/C14H21ClN2O/c1-2-17-8-7-11(9-17)13(16)10-18-14-6-4-3-5-12(14)15/h3-6,11,13H,2,7-10,16H2,1H3. The van der Waals surface area contributed by atoms with Crippen molar-refractivity contribution in [2.45, 2.75) is 19.4 Å². The van der Waals surface area contributed by atoms with E-state index in [9.17, 15) is 0 Å². The van der Waals surface area contributed by atoms with Crippen LogP contribution in [0.25, 0.3) is 0 Å². The molecular weight excluding hydrogens is 248 g/mol. The number of nitrogens with two attached hydrogens (primary N) is 1. The number of hydrogen-bond acceptors (Lipinski definition) is 3. The van der Waals surface area contributed by atoms with E-state index in [1.54, 1.807) is 0 Å². The summed E-state index contributed by atoms with van der Waals surface area (Å²) >= 11 is 6.04. The van der Waals surface area contributed by atoms with Crippen LogP contribution in [0.5, 0.6) is 5.75 Å². The van der Waals surface area contributed by atoms with Crippen molar-refractivity contribution in [3.05, 3.63) is 29.3 Å². The van der Waals surface area contributed by atoms with Crippen LogP contribution in [0.15, 0.2) is 24.3 Å². The van der Waals surface area contributed by atoms with Crippen LogP contribution in [0.2, 0.25) is 5.02 Å². The van der Waals surface area contributed by atoms with Gasteiger partial charge in [0.25, 0.3) is 0 Å². The molecule has 0 spiro atoms. The minimum absolute atomic E-state index is 0.0813. The Labute approximate surface area is 114 Å². The second kappa shape index (κ2) is 6.41. The van der Waals surface area contributed by atoms with Crippen LogP contribution in [0.4, 0.5) is 0 Å². The summed E-state index contributed by atoms with van der Waals surface area (Å²) in [6.45, 7) is 6.07. The number of hydrogen-bond donors (Lipinski definition) is 1. The van der Waals surface area contributed by atoms with Crippen molar-refractivity contribution < 1.29 is 4.74 Å². The third-order valence-corrected chi connectivity index (χ3v) is 3.94. The van der Waals surface area contributed by atoms with Gasteiger partial charge in [0.1, 0.15) is 12.4 Å². The van der Waals surface area contributed by atoms with Crippen LogP contribution in [-0.2, 0) is 0 Å². The summed E-state index contributed by atoms with van der Waals surface area (Å²) < 4.78 is 5.70. The van der Waals surface area contributed by atoms with Gasteiger partial charge in [0.15, 0.2) is 0 Å². The van der Waals surface area contributed by atoms with Crippen molar-refractivity contribution >= 4 is 11.6 Å². The number of nitrogens with zero attached hydrogens (tertiary/aromatic N) is 1. The number of ether oxygens (including phenoxy) is 1. The minimum atomic E-state index is 0.0813. The van der Waals surface area contributed by atoms with Crippen molar-refractivity contribution in [1.29, 1.82) is 0 Å². The highest BCUT2D eigenvalue weighted by Crippen LogP contribution is 2.24. The van der Waals surface area contributed by atoms with Gasteiger partial charge in [-0.25, -0.2) is 0 Å². The lowest BCUT2D eigenvalue weighted by Gasteiger charge is -2.20. The smallest absolute Gasteiger partial charge is 0.137 e. The third kappa shape index (κ3) is 3.37. The first-order chi connectivity index (χ1) is 8.70. The molecule has 1 saturated heterocycles. The molecule has 0 aromatic heterocycles. The van der Waals surface area contributed by atoms with E-state index in [1.165, 1.54) is 6.42 Å². The van der Waals surface area contributed by atoms with Crippen molar-refractivity contribution in [2.24, 2.45) is 11.7 Å². The Morgan fingerprint density at radius 2 is 2.28 bits per heavy atom. The van der Waals surface area contributed by atoms with E-state index >= 15 is 0 Å². The van der Waals surface area contributed by atoms with Crippen LogP contribution >= 0.6 is 11.6 Å². The summed E-state index contributed by atoms with van der Waals surface area (Å²) in [6, 6.07) is 7.60. The second-order valence-electron chi connectivity index (χ2n) is 4.85. The molecule has 1 aromatic carbocycles. The Morgan fingerprint density at radius 1 is 1.50 bits per heavy atom. The average Bonchev–Trinajstić information content (AvgIpc) is 2.86. The summed E-state index contributed by atoms with van der Waals surface area (Å²) in [6.07, 6.45) is 1.17. The van der Waals surface area contributed by atoms with Crippen molar-refractivity contribution in [3.63, 3.8) is 0 Å². The molecule has 1 aliphatic rings. The van der Waals surface area contributed by atoms with Gasteiger partial charge in [-0.15, -0.1) is 0 Å². The van der Waals surface area contributed by atoms with Gasteiger partial charge in [-0.3, -0.25) is 0 Å². The van der Waals surface area contributed by atoms with Gasteiger partial charge in [-0.05, 0) is 37.6 Å². The third-order valence-electron chi connectivity index (χ3n) is 3.63. The van der Waals surface area contributed by atoms with Gasteiger partial charge in [0.2, 0.25) is 0 Å². The molecule has 0 saturated carbocycles. The quantitative estimate of drug-likeness (QED) is 0.891. The summed E-state index contributed by atoms with van der Waals surface area (Å²) in [5, 5.41) is 0.645. The van der Waals surface area contributed by atoms with Gasteiger partial charge < -0.3 is 15.4 Å². The molecule has 1 aromatic rings. The Bertz CT molecular complexity index is 386. The number of likely N-dealkylation sites (tertiary alicyclic amines) is 1. The van der Waals surface area contributed by atoms with Gasteiger partial charge in [-0.2, -0.15) is 0 Å². The lowest BCUT2D eigenvalue weighted by molar-refractivity contribution is 0.241. The zero-order valence-corrected chi connectivity index (χ0v) is 11.6. The molecule has 2 atom stereocenters. The first-order valence-electron chi connectivity index (χ1n) is 6.56. The molecule has 4 heteroatoms. The fraction of sp³-hybridized carbons (Fsp3) is 0.571. The molecule has 0 radical (unpaired) electrons. The number of para-hydroxylation sites is 1. The van der Waals surface area contributed by atoms with Crippen LogP contribution in [0.1, 0.15) is 13.3 Å². The maximum atomic E-state index is 6.20. The summed E-state index contributed by atoms with van der Waals surface area (Å²) in [5.41, 5.74) is 6.20. The van der Waals surface area contributed by atoms with Gasteiger partial charge in [0, 0.05) is 12.6 Å². The van der Waals surface area contributed by atoms with E-state index in [4.69, 9.17) is 22.1 Å². The van der Waals surface area contributed by atoms with Crippen LogP contribution in [0, 0.1) is 5.92 Å². The van der Waals surface area contributed by atoms with Crippen molar-refractivity contribution in [2.75, 3.05) is 26.2 Å². The number of halogens is 1. The largest absolute Gasteiger partial charge is 0.490 e. The fourth-order valence-corrected chi connectivity index (χ4v) is 2.57. The van der Waals surface area contributed by atoms with Crippen molar-refractivity contribution in [1.82, 2.24) is 4.90 Å². The molecule has 0 amide bonds. The molecule has 3 nitrogen and oxygen atoms in total. The highest BCUT2D eigenvalue weighted by molar-refractivity contribution is 6.32. The Morgan fingerprint density at radius 3 is 2.94 bits per heavy atom. The normalized spacial score (nSPS) is 22.1. The molecule has 1 fully saturated rings. The first-order valence-corrected chi connectivity index (χ1v) is 6.93. The predicted octanol–water partition coefficient (Wildman–Crippen LogP) is 2.39. The molecular formula is C14H21ClN2O. The SMILES string of the molecule is CCN1CCC(C(N)COc2ccccc2Cl)C1. The topological polar surface area (TPSA) is 38.5 Å². The molecule has 0 bridgehead atoms. The maximum Gasteiger partial charge on any atom is 0.137 e. The second-order valence-corrected chi connectivity index (χ2v) is 5.25.